The summed E-state index contributed by atoms with van der Waals surface area (Å²) in [4.78, 5) is 47.3. The van der Waals surface area contributed by atoms with Crippen molar-refractivity contribution in [1.82, 2.24) is 10.6 Å². The van der Waals surface area contributed by atoms with Gasteiger partial charge in [-0.2, -0.15) is 0 Å². The first-order chi connectivity index (χ1) is 14.7. The van der Waals surface area contributed by atoms with E-state index in [2.05, 4.69) is 10.6 Å². The largest absolute Gasteiger partial charge is 0.548 e. The van der Waals surface area contributed by atoms with E-state index in [-0.39, 0.29) is 18.2 Å². The van der Waals surface area contributed by atoms with Crippen molar-refractivity contribution in [1.29, 1.82) is 0 Å². The Morgan fingerprint density at radius 3 is 2.55 bits per heavy atom. The Balaban J connectivity index is 1.66. The van der Waals surface area contributed by atoms with Gasteiger partial charge >= 0.3 is 5.63 Å². The molecule has 0 bridgehead atoms. The van der Waals surface area contributed by atoms with Crippen molar-refractivity contribution in [3.05, 3.63) is 39.2 Å². The zero-order valence-electron chi connectivity index (χ0n) is 17.7. The van der Waals surface area contributed by atoms with Crippen LogP contribution in [0.5, 0.6) is 5.75 Å². The lowest BCUT2D eigenvalue weighted by molar-refractivity contribution is -0.309. The monoisotopic (exact) mass is 429 g/mol. The van der Waals surface area contributed by atoms with Gasteiger partial charge in [-0.15, -0.1) is 0 Å². The van der Waals surface area contributed by atoms with Crippen molar-refractivity contribution in [2.75, 3.05) is 13.2 Å². The van der Waals surface area contributed by atoms with E-state index in [0.717, 1.165) is 24.0 Å². The lowest BCUT2D eigenvalue weighted by Gasteiger charge is -2.23. The molecule has 0 saturated heterocycles. The summed E-state index contributed by atoms with van der Waals surface area (Å²) in [6, 6.07) is 2.39. The summed E-state index contributed by atoms with van der Waals surface area (Å²) >= 11 is 0. The summed E-state index contributed by atoms with van der Waals surface area (Å²) in [6.07, 6.45) is 2.24. The number of aliphatic carboxylic acids is 1. The Morgan fingerprint density at radius 2 is 1.87 bits per heavy atom. The lowest BCUT2D eigenvalue weighted by atomic mass is 10.0. The topological polar surface area (TPSA) is 138 Å². The third kappa shape index (κ3) is 5.04. The van der Waals surface area contributed by atoms with E-state index in [9.17, 15) is 24.3 Å². The first-order valence-electron chi connectivity index (χ1n) is 10.2. The van der Waals surface area contributed by atoms with Crippen molar-refractivity contribution in [3.63, 3.8) is 0 Å². The minimum absolute atomic E-state index is 0.337. The molecule has 31 heavy (non-hydrogen) atoms. The highest BCUT2D eigenvalue weighted by Gasteiger charge is 2.23. The number of aryl methyl sites for hydroxylation is 2. The number of carboxylic acid groups (broad SMARTS) is 1. The minimum atomic E-state index is -1.39. The Bertz CT molecular complexity index is 1090. The minimum Gasteiger partial charge on any atom is -0.548 e. The van der Waals surface area contributed by atoms with Gasteiger partial charge in [0.2, 0.25) is 5.91 Å². The molecule has 0 radical (unpaired) electrons. The van der Waals surface area contributed by atoms with Crippen LogP contribution in [0.3, 0.4) is 0 Å². The van der Waals surface area contributed by atoms with Gasteiger partial charge in [0.1, 0.15) is 11.3 Å². The van der Waals surface area contributed by atoms with E-state index in [1.54, 1.807) is 26.0 Å². The van der Waals surface area contributed by atoms with E-state index in [1.807, 2.05) is 6.92 Å². The van der Waals surface area contributed by atoms with Crippen LogP contribution in [0, 0.1) is 12.8 Å². The summed E-state index contributed by atoms with van der Waals surface area (Å²) in [6.45, 7) is 4.36. The highest BCUT2D eigenvalue weighted by molar-refractivity contribution is 5.90. The molecule has 1 aliphatic carbocycles. The van der Waals surface area contributed by atoms with Crippen LogP contribution in [0.2, 0.25) is 0 Å². The number of benzene rings is 1. The second kappa shape index (κ2) is 9.20. The summed E-state index contributed by atoms with van der Waals surface area (Å²) in [5.41, 5.74) is 2.43. The van der Waals surface area contributed by atoms with Gasteiger partial charge in [-0.25, -0.2) is 4.79 Å². The van der Waals surface area contributed by atoms with E-state index >= 15 is 0 Å². The maximum atomic E-state index is 12.2. The molecule has 1 atom stereocenters. The van der Waals surface area contributed by atoms with E-state index in [1.165, 1.54) is 0 Å². The normalized spacial score (nSPS) is 13.7. The number of hydrogen-bond donors (Lipinski definition) is 2. The Morgan fingerprint density at radius 1 is 1.16 bits per heavy atom. The van der Waals surface area contributed by atoms with Crippen molar-refractivity contribution >= 4 is 28.8 Å². The summed E-state index contributed by atoms with van der Waals surface area (Å²) < 4.78 is 11.2. The van der Waals surface area contributed by atoms with Gasteiger partial charge in [-0.1, -0.05) is 13.8 Å². The number of carbonyl (C=O) groups excluding carboxylic acids is 3. The summed E-state index contributed by atoms with van der Waals surface area (Å²) in [5.74, 6) is -2.49. The maximum absolute atomic E-state index is 12.2. The molecule has 166 valence electrons. The third-order valence-corrected chi connectivity index (χ3v) is 5.22. The highest BCUT2D eigenvalue weighted by atomic mass is 16.5. The third-order valence-electron chi connectivity index (χ3n) is 5.22. The molecule has 3 rings (SSSR count). The Labute approximate surface area is 178 Å². The number of carboxylic acids is 1. The standard InChI is InChI=1S/C22H26N2O7/c1-11(2)20(21(27)28)24-17(25)9-23-18(26)10-30-15-7-12(3)8-16-19(15)13-5-4-6-14(13)22(29)31-16/h7-8,11,20H,4-6,9-10H2,1-3H3,(H,23,26)(H,24,25)(H,27,28)/p-1/t20-/m0/s1. The predicted molar refractivity (Wildman–Crippen MR) is 110 cm³/mol. The van der Waals surface area contributed by atoms with Gasteiger partial charge in [0.15, 0.2) is 6.61 Å². The molecule has 0 saturated carbocycles. The number of hydrogen-bond acceptors (Lipinski definition) is 7. The number of amides is 2. The van der Waals surface area contributed by atoms with Gasteiger partial charge in [-0.05, 0) is 55.4 Å². The van der Waals surface area contributed by atoms with Crippen LogP contribution in [0.4, 0.5) is 0 Å². The van der Waals surface area contributed by atoms with Gasteiger partial charge in [-0.3, -0.25) is 9.59 Å². The number of carbonyl (C=O) groups is 3. The molecule has 2 N–H and O–H groups in total. The lowest BCUT2D eigenvalue weighted by Crippen LogP contribution is -2.53. The van der Waals surface area contributed by atoms with Gasteiger partial charge < -0.3 is 29.7 Å². The zero-order chi connectivity index (χ0) is 22.7. The van der Waals surface area contributed by atoms with Crippen molar-refractivity contribution in [3.8, 4) is 5.75 Å². The van der Waals surface area contributed by atoms with Crippen LogP contribution in [0.25, 0.3) is 11.0 Å². The average Bonchev–Trinajstić information content (AvgIpc) is 3.18. The molecular formula is C22H25N2O7-. The fourth-order valence-corrected chi connectivity index (χ4v) is 3.71. The van der Waals surface area contributed by atoms with E-state index in [0.29, 0.717) is 28.7 Å². The van der Waals surface area contributed by atoms with Crippen LogP contribution in [-0.4, -0.2) is 37.0 Å². The summed E-state index contributed by atoms with van der Waals surface area (Å²) in [7, 11) is 0. The van der Waals surface area contributed by atoms with Crippen molar-refractivity contribution in [2.24, 2.45) is 5.92 Å². The molecular weight excluding hydrogens is 404 g/mol. The number of fused-ring (bicyclic) bond motifs is 3. The van der Waals surface area contributed by atoms with Crippen molar-refractivity contribution < 1.29 is 28.6 Å². The van der Waals surface area contributed by atoms with Crippen LogP contribution in [0.15, 0.2) is 21.3 Å². The summed E-state index contributed by atoms with van der Waals surface area (Å²) in [5, 5.41) is 16.5. The first-order valence-corrected chi connectivity index (χ1v) is 10.2. The van der Waals surface area contributed by atoms with Gasteiger partial charge in [0.05, 0.1) is 23.9 Å². The molecule has 0 fully saturated rings. The van der Waals surface area contributed by atoms with Crippen LogP contribution < -0.4 is 26.1 Å². The smallest absolute Gasteiger partial charge is 0.339 e. The van der Waals surface area contributed by atoms with Crippen molar-refractivity contribution in [2.45, 2.75) is 46.1 Å². The van der Waals surface area contributed by atoms with Crippen LogP contribution >= 0.6 is 0 Å². The highest BCUT2D eigenvalue weighted by Crippen LogP contribution is 2.35. The fourth-order valence-electron chi connectivity index (χ4n) is 3.71. The average molecular weight is 429 g/mol. The molecule has 1 aromatic heterocycles. The number of ether oxygens (including phenoxy) is 1. The molecule has 0 aliphatic heterocycles. The van der Waals surface area contributed by atoms with E-state index in [4.69, 9.17) is 9.15 Å². The molecule has 0 spiro atoms. The second-order valence-corrected chi connectivity index (χ2v) is 8.01. The molecule has 0 unspecified atom stereocenters. The SMILES string of the molecule is Cc1cc(OCC(=O)NCC(=O)N[C@H](C(=O)[O-])C(C)C)c2c3c(c(=O)oc2c1)CCC3. The number of nitrogens with one attached hydrogen (secondary N) is 2. The second-order valence-electron chi connectivity index (χ2n) is 8.01. The maximum Gasteiger partial charge on any atom is 0.339 e. The molecule has 2 amide bonds. The molecule has 1 aromatic carbocycles. The molecule has 9 heteroatoms. The van der Waals surface area contributed by atoms with Gasteiger partial charge in [0, 0.05) is 5.56 Å². The number of rotatable bonds is 8. The molecule has 9 nitrogen and oxygen atoms in total. The first kappa shape index (κ1) is 22.3. The molecule has 2 aromatic rings. The molecule has 1 aliphatic rings. The quantitative estimate of drug-likeness (QED) is 0.562. The van der Waals surface area contributed by atoms with Crippen LogP contribution in [-0.2, 0) is 27.2 Å². The van der Waals surface area contributed by atoms with Crippen LogP contribution in [0.1, 0.15) is 37.0 Å². The Hall–Kier alpha value is -3.36. The predicted octanol–water partition coefficient (Wildman–Crippen LogP) is -0.0242. The molecule has 1 heterocycles. The zero-order valence-corrected chi connectivity index (χ0v) is 17.7. The van der Waals surface area contributed by atoms with E-state index < -0.39 is 30.4 Å². The van der Waals surface area contributed by atoms with Gasteiger partial charge in [0.25, 0.3) is 5.91 Å². The fraction of sp³-hybridized carbons (Fsp3) is 0.455. The Kier molecular flexibility index (Phi) is 6.62.